The number of amides is 3. The number of nitrogens with zero attached hydrogens (tertiary/aromatic N) is 2. The molecular weight excluding hydrogens is 272 g/mol. The Bertz CT molecular complexity index is 675. The number of methoxy groups -OCH3 is 1. The predicted molar refractivity (Wildman–Crippen MR) is 75.5 cm³/mol. The smallest absolute Gasteiger partial charge is 0.258 e. The number of rotatable bonds is 3. The fraction of sp³-hybridized carbons (Fsp3) is 0.133. The minimum atomic E-state index is -0.490. The molecule has 1 unspecified atom stereocenters. The third-order valence-electron chi connectivity index (χ3n) is 3.31. The van der Waals surface area contributed by atoms with Gasteiger partial charge in [0.2, 0.25) is 0 Å². The Balaban J connectivity index is 1.96. The van der Waals surface area contributed by atoms with Gasteiger partial charge in [-0.3, -0.25) is 19.3 Å². The summed E-state index contributed by atoms with van der Waals surface area (Å²) in [5, 5.41) is 0. The van der Waals surface area contributed by atoms with Gasteiger partial charge in [0, 0.05) is 31.0 Å². The van der Waals surface area contributed by atoms with Crippen molar-refractivity contribution in [2.24, 2.45) is 0 Å². The lowest BCUT2D eigenvalue weighted by Crippen LogP contribution is -2.35. The van der Waals surface area contributed by atoms with Crippen molar-refractivity contribution in [3.63, 3.8) is 0 Å². The minimum absolute atomic E-state index is 0.212. The van der Waals surface area contributed by atoms with Gasteiger partial charge in [-0.05, 0) is 24.3 Å². The molecule has 0 radical (unpaired) electrons. The number of ether oxygens (including phenoxy) is 1. The molecule has 1 aromatic carbocycles. The number of carbonyl (C=O) groups is 3. The highest BCUT2D eigenvalue weighted by molar-refractivity contribution is 6.28. The van der Waals surface area contributed by atoms with Crippen LogP contribution in [0.1, 0.15) is 0 Å². The van der Waals surface area contributed by atoms with Crippen LogP contribution in [0.15, 0.2) is 48.6 Å². The molecule has 2 aliphatic rings. The molecule has 6 nitrogen and oxygen atoms in total. The molecule has 21 heavy (non-hydrogen) atoms. The van der Waals surface area contributed by atoms with Gasteiger partial charge < -0.3 is 4.74 Å². The zero-order valence-corrected chi connectivity index (χ0v) is 11.2. The second kappa shape index (κ2) is 4.99. The summed E-state index contributed by atoms with van der Waals surface area (Å²) in [5.74, 6) is -1.01. The van der Waals surface area contributed by atoms with Crippen LogP contribution in [-0.4, -0.2) is 31.1 Å². The lowest BCUT2D eigenvalue weighted by atomic mass is 10.2. The molecule has 2 heterocycles. The van der Waals surface area contributed by atoms with Gasteiger partial charge in [0.1, 0.15) is 0 Å². The van der Waals surface area contributed by atoms with Gasteiger partial charge in [-0.1, -0.05) is 6.07 Å². The normalized spacial score (nSPS) is 21.0. The van der Waals surface area contributed by atoms with Crippen LogP contribution in [-0.2, 0) is 19.1 Å². The maximum Gasteiger partial charge on any atom is 0.258 e. The van der Waals surface area contributed by atoms with E-state index in [1.807, 2.05) is 0 Å². The summed E-state index contributed by atoms with van der Waals surface area (Å²) in [5.41, 5.74) is 0.976. The number of hydrogen-bond donors (Lipinski definition) is 0. The van der Waals surface area contributed by atoms with Crippen molar-refractivity contribution in [1.82, 2.24) is 0 Å². The zero-order valence-electron chi connectivity index (χ0n) is 11.2. The van der Waals surface area contributed by atoms with Gasteiger partial charge in [0.25, 0.3) is 17.7 Å². The van der Waals surface area contributed by atoms with Crippen LogP contribution in [0.25, 0.3) is 0 Å². The Kier molecular flexibility index (Phi) is 3.15. The molecule has 106 valence electrons. The Morgan fingerprint density at radius 2 is 1.62 bits per heavy atom. The Hall–Kier alpha value is -2.73. The SMILES string of the molecule is COC1C=CC(=O)N1c1cccc(N2C(=O)C=CC2=O)c1. The second-order valence-electron chi connectivity index (χ2n) is 4.56. The van der Waals surface area contributed by atoms with E-state index in [0.717, 1.165) is 4.90 Å². The molecule has 1 atom stereocenters. The van der Waals surface area contributed by atoms with Crippen LogP contribution < -0.4 is 9.80 Å². The first-order chi connectivity index (χ1) is 10.1. The standard InChI is InChI=1S/C15H12N2O4/c1-21-15-8-7-14(20)17(15)11-4-2-3-10(9-11)16-12(18)5-6-13(16)19/h2-9,15H,1H3. The van der Waals surface area contributed by atoms with Crippen LogP contribution in [0.5, 0.6) is 0 Å². The van der Waals surface area contributed by atoms with Crippen LogP contribution in [0.3, 0.4) is 0 Å². The zero-order chi connectivity index (χ0) is 15.0. The maximum atomic E-state index is 11.9. The van der Waals surface area contributed by atoms with E-state index in [4.69, 9.17) is 4.74 Å². The molecule has 0 bridgehead atoms. The van der Waals surface area contributed by atoms with Crippen molar-refractivity contribution < 1.29 is 19.1 Å². The number of imide groups is 1. The summed E-state index contributed by atoms with van der Waals surface area (Å²) in [6.07, 6.45) is 5.01. The third-order valence-corrected chi connectivity index (χ3v) is 3.31. The first-order valence-corrected chi connectivity index (χ1v) is 6.32. The van der Waals surface area contributed by atoms with Crippen molar-refractivity contribution >= 4 is 29.1 Å². The number of anilines is 2. The molecule has 0 spiro atoms. The summed E-state index contributed by atoms with van der Waals surface area (Å²) in [7, 11) is 1.50. The van der Waals surface area contributed by atoms with Crippen molar-refractivity contribution in [1.29, 1.82) is 0 Å². The van der Waals surface area contributed by atoms with Gasteiger partial charge in [-0.25, -0.2) is 4.90 Å². The molecule has 0 saturated heterocycles. The molecule has 6 heteroatoms. The average molecular weight is 284 g/mol. The highest BCUT2D eigenvalue weighted by Crippen LogP contribution is 2.28. The number of benzene rings is 1. The van der Waals surface area contributed by atoms with E-state index in [-0.39, 0.29) is 5.91 Å². The van der Waals surface area contributed by atoms with Gasteiger partial charge in [0.05, 0.1) is 5.69 Å². The molecule has 0 aromatic heterocycles. The second-order valence-corrected chi connectivity index (χ2v) is 4.56. The lowest BCUT2D eigenvalue weighted by molar-refractivity contribution is -0.120. The van der Waals surface area contributed by atoms with Crippen molar-refractivity contribution in [2.75, 3.05) is 16.9 Å². The number of carbonyl (C=O) groups excluding carboxylic acids is 3. The van der Waals surface area contributed by atoms with E-state index in [0.29, 0.717) is 11.4 Å². The van der Waals surface area contributed by atoms with Gasteiger partial charge >= 0.3 is 0 Å². The maximum absolute atomic E-state index is 11.9. The molecule has 0 N–H and O–H groups in total. The minimum Gasteiger partial charge on any atom is -0.357 e. The van der Waals surface area contributed by atoms with Crippen molar-refractivity contribution in [2.45, 2.75) is 6.23 Å². The largest absolute Gasteiger partial charge is 0.357 e. The monoisotopic (exact) mass is 284 g/mol. The Labute approximate surface area is 120 Å². The van der Waals surface area contributed by atoms with Crippen LogP contribution in [0, 0.1) is 0 Å². The highest BCUT2D eigenvalue weighted by Gasteiger charge is 2.29. The first kappa shape index (κ1) is 13.3. The summed E-state index contributed by atoms with van der Waals surface area (Å²) in [6, 6.07) is 6.66. The molecule has 2 aliphatic heterocycles. The summed E-state index contributed by atoms with van der Waals surface area (Å²) < 4.78 is 5.21. The van der Waals surface area contributed by atoms with Crippen LogP contribution >= 0.6 is 0 Å². The third kappa shape index (κ3) is 2.15. The van der Waals surface area contributed by atoms with Crippen molar-refractivity contribution in [3.8, 4) is 0 Å². The molecule has 0 aliphatic carbocycles. The van der Waals surface area contributed by atoms with Crippen LogP contribution in [0.4, 0.5) is 11.4 Å². The van der Waals surface area contributed by atoms with Gasteiger partial charge in [-0.2, -0.15) is 0 Å². The Morgan fingerprint density at radius 3 is 2.29 bits per heavy atom. The summed E-state index contributed by atoms with van der Waals surface area (Å²) >= 11 is 0. The highest BCUT2D eigenvalue weighted by atomic mass is 16.5. The van der Waals surface area contributed by atoms with Gasteiger partial charge in [0.15, 0.2) is 6.23 Å². The fourth-order valence-corrected chi connectivity index (χ4v) is 2.35. The molecule has 3 amide bonds. The molecule has 0 fully saturated rings. The average Bonchev–Trinajstić information content (AvgIpc) is 3.02. The molecular formula is C15H12N2O4. The van der Waals surface area contributed by atoms with E-state index >= 15 is 0 Å². The van der Waals surface area contributed by atoms with Gasteiger partial charge in [-0.15, -0.1) is 0 Å². The first-order valence-electron chi connectivity index (χ1n) is 6.32. The van der Waals surface area contributed by atoms with E-state index in [1.54, 1.807) is 30.3 Å². The Morgan fingerprint density at radius 1 is 0.952 bits per heavy atom. The fourth-order valence-electron chi connectivity index (χ4n) is 2.35. The number of hydrogen-bond acceptors (Lipinski definition) is 4. The van der Waals surface area contributed by atoms with E-state index in [9.17, 15) is 14.4 Å². The molecule has 3 rings (SSSR count). The summed E-state index contributed by atoms with van der Waals surface area (Å²) in [6.45, 7) is 0. The quantitative estimate of drug-likeness (QED) is 0.776. The lowest BCUT2D eigenvalue weighted by Gasteiger charge is -2.24. The van der Waals surface area contributed by atoms with Crippen molar-refractivity contribution in [3.05, 3.63) is 48.6 Å². The van der Waals surface area contributed by atoms with E-state index in [2.05, 4.69) is 0 Å². The van der Waals surface area contributed by atoms with Crippen LogP contribution in [0.2, 0.25) is 0 Å². The predicted octanol–water partition coefficient (Wildman–Crippen LogP) is 0.991. The molecule has 0 saturated carbocycles. The molecule has 1 aromatic rings. The topological polar surface area (TPSA) is 66.9 Å². The van der Waals surface area contributed by atoms with E-state index in [1.165, 1.54) is 30.2 Å². The summed E-state index contributed by atoms with van der Waals surface area (Å²) in [4.78, 5) is 37.8. The van der Waals surface area contributed by atoms with E-state index < -0.39 is 18.0 Å².